The van der Waals surface area contributed by atoms with Crippen molar-refractivity contribution in [3.8, 4) is 5.75 Å². The number of hydrogen-bond donors (Lipinski definition) is 1. The van der Waals surface area contributed by atoms with Gasteiger partial charge in [0.2, 0.25) is 5.91 Å². The Hall–Kier alpha value is -2.93. The van der Waals surface area contributed by atoms with Crippen molar-refractivity contribution in [2.75, 3.05) is 5.32 Å². The van der Waals surface area contributed by atoms with E-state index < -0.39 is 0 Å². The highest BCUT2D eigenvalue weighted by Crippen LogP contribution is 2.14. The van der Waals surface area contributed by atoms with Gasteiger partial charge in [-0.3, -0.25) is 4.79 Å². The van der Waals surface area contributed by atoms with Crippen molar-refractivity contribution >= 4 is 23.8 Å². The van der Waals surface area contributed by atoms with E-state index in [-0.39, 0.29) is 23.9 Å². The van der Waals surface area contributed by atoms with Crippen molar-refractivity contribution in [3.63, 3.8) is 0 Å². The van der Waals surface area contributed by atoms with Crippen molar-refractivity contribution in [2.45, 2.75) is 20.1 Å². The molecule has 128 valence electrons. The van der Waals surface area contributed by atoms with E-state index in [1.54, 1.807) is 0 Å². The van der Waals surface area contributed by atoms with Crippen LogP contribution in [0.15, 0.2) is 59.0 Å². The van der Waals surface area contributed by atoms with Gasteiger partial charge in [0, 0.05) is 5.69 Å². The Kier molecular flexibility index (Phi) is 5.25. The second-order valence-corrected chi connectivity index (χ2v) is 5.73. The number of aromatic nitrogens is 2. The van der Waals surface area contributed by atoms with E-state index in [2.05, 4.69) is 10.4 Å². The van der Waals surface area contributed by atoms with Crippen LogP contribution in [-0.2, 0) is 17.9 Å². The molecule has 0 aliphatic carbocycles. The Morgan fingerprint density at radius 3 is 2.68 bits per heavy atom. The Balaban J connectivity index is 1.61. The molecule has 7 heteroatoms. The highest BCUT2D eigenvalue weighted by Gasteiger charge is 2.11. The number of benzene rings is 2. The molecule has 0 unspecified atom stereocenters. The lowest BCUT2D eigenvalue weighted by Gasteiger charge is -2.07. The van der Waals surface area contributed by atoms with Crippen LogP contribution in [0.4, 0.5) is 5.69 Å². The zero-order valence-electron chi connectivity index (χ0n) is 13.6. The van der Waals surface area contributed by atoms with Gasteiger partial charge < -0.3 is 14.5 Å². The number of aryl methyl sites for hydroxylation is 1. The average molecular weight is 355 g/mol. The maximum Gasteiger partial charge on any atom is 0.287 e. The smallest absolute Gasteiger partial charge is 0.287 e. The highest BCUT2D eigenvalue weighted by atomic mass is 32.1. The predicted octanol–water partition coefficient (Wildman–Crippen LogP) is 3.73. The fourth-order valence-electron chi connectivity index (χ4n) is 2.21. The molecule has 0 saturated carbocycles. The quantitative estimate of drug-likeness (QED) is 0.682. The van der Waals surface area contributed by atoms with Crippen molar-refractivity contribution in [1.82, 2.24) is 9.78 Å². The third-order valence-electron chi connectivity index (χ3n) is 3.47. The molecular formula is C18H17N3O3S. The summed E-state index contributed by atoms with van der Waals surface area (Å²) in [5.41, 5.74) is 1.74. The van der Waals surface area contributed by atoms with Crippen LogP contribution in [0.25, 0.3) is 0 Å². The fraction of sp³-hybridized carbons (Fsp3) is 0.167. The van der Waals surface area contributed by atoms with Crippen LogP contribution in [0.5, 0.6) is 5.75 Å². The molecule has 1 amide bonds. The Morgan fingerprint density at radius 1 is 1.20 bits per heavy atom. The summed E-state index contributed by atoms with van der Waals surface area (Å²) in [5.74, 6) is 0.794. The van der Waals surface area contributed by atoms with Crippen LogP contribution in [0.1, 0.15) is 11.5 Å². The minimum Gasteiger partial charge on any atom is -0.484 e. The van der Waals surface area contributed by atoms with E-state index in [1.807, 2.05) is 61.5 Å². The Bertz CT molecular complexity index is 919. The van der Waals surface area contributed by atoms with E-state index in [1.165, 1.54) is 4.68 Å². The molecule has 0 bridgehead atoms. The number of carbonyl (C=O) groups excluding carboxylic acids is 1. The SMILES string of the molecule is Cc1ccccc1NC(=O)Cn1nc(COc2ccccc2)oc1=S. The lowest BCUT2D eigenvalue weighted by atomic mass is 10.2. The topological polar surface area (TPSA) is 69.3 Å². The first-order valence-electron chi connectivity index (χ1n) is 7.72. The van der Waals surface area contributed by atoms with Gasteiger partial charge in [0.05, 0.1) is 0 Å². The zero-order valence-corrected chi connectivity index (χ0v) is 14.5. The molecule has 0 fully saturated rings. The molecule has 0 aliphatic heterocycles. The lowest BCUT2D eigenvalue weighted by Crippen LogP contribution is -2.20. The van der Waals surface area contributed by atoms with E-state index in [9.17, 15) is 4.79 Å². The maximum absolute atomic E-state index is 12.2. The number of amides is 1. The summed E-state index contributed by atoms with van der Waals surface area (Å²) in [4.78, 5) is 12.3. The largest absolute Gasteiger partial charge is 0.484 e. The molecule has 0 atom stereocenters. The standard InChI is InChI=1S/C18H17N3O3S/c1-13-7-5-6-10-15(13)19-16(22)11-21-18(25)24-17(20-21)12-23-14-8-3-2-4-9-14/h2-10H,11-12H2,1H3,(H,19,22). The van der Waals surface area contributed by atoms with E-state index >= 15 is 0 Å². The summed E-state index contributed by atoms with van der Waals surface area (Å²) in [5, 5.41) is 7.02. The molecule has 3 aromatic rings. The van der Waals surface area contributed by atoms with Gasteiger partial charge in [-0.25, -0.2) is 4.68 Å². The summed E-state index contributed by atoms with van der Waals surface area (Å²) < 4.78 is 12.3. The maximum atomic E-state index is 12.2. The number of para-hydroxylation sites is 2. The molecule has 0 radical (unpaired) electrons. The first-order chi connectivity index (χ1) is 12.1. The van der Waals surface area contributed by atoms with Crippen molar-refractivity contribution < 1.29 is 13.9 Å². The second-order valence-electron chi connectivity index (χ2n) is 5.38. The molecule has 0 aliphatic rings. The summed E-state index contributed by atoms with van der Waals surface area (Å²) in [6, 6.07) is 16.9. The predicted molar refractivity (Wildman–Crippen MR) is 95.9 cm³/mol. The number of carbonyl (C=O) groups is 1. The Morgan fingerprint density at radius 2 is 1.92 bits per heavy atom. The zero-order chi connectivity index (χ0) is 17.6. The van der Waals surface area contributed by atoms with Crippen LogP contribution >= 0.6 is 12.2 Å². The summed E-state index contributed by atoms with van der Waals surface area (Å²) in [7, 11) is 0. The number of nitrogens with zero attached hydrogens (tertiary/aromatic N) is 2. The van der Waals surface area contributed by atoms with Crippen LogP contribution in [0, 0.1) is 11.8 Å². The van der Waals surface area contributed by atoms with Crippen molar-refractivity contribution in [1.29, 1.82) is 0 Å². The van der Waals surface area contributed by atoms with Gasteiger partial charge in [0.1, 0.15) is 12.3 Å². The van der Waals surface area contributed by atoms with E-state index in [0.717, 1.165) is 11.3 Å². The number of anilines is 1. The first-order valence-corrected chi connectivity index (χ1v) is 8.13. The number of hydrogen-bond acceptors (Lipinski definition) is 5. The van der Waals surface area contributed by atoms with Crippen molar-refractivity contribution in [3.05, 3.63) is 70.9 Å². The highest BCUT2D eigenvalue weighted by molar-refractivity contribution is 7.71. The summed E-state index contributed by atoms with van der Waals surface area (Å²) in [6.45, 7) is 2.04. The van der Waals surface area contributed by atoms with Crippen molar-refractivity contribution in [2.24, 2.45) is 0 Å². The second kappa shape index (κ2) is 7.76. The molecular weight excluding hydrogens is 338 g/mol. The molecule has 1 N–H and O–H groups in total. The minimum atomic E-state index is -0.228. The Labute approximate surface area is 150 Å². The summed E-state index contributed by atoms with van der Waals surface area (Å²) >= 11 is 5.11. The minimum absolute atomic E-state index is 0.0258. The number of rotatable bonds is 6. The van der Waals surface area contributed by atoms with Crippen LogP contribution < -0.4 is 10.1 Å². The molecule has 2 aromatic carbocycles. The average Bonchev–Trinajstić information content (AvgIpc) is 2.96. The number of nitrogens with one attached hydrogen (secondary N) is 1. The van der Waals surface area contributed by atoms with E-state index in [4.69, 9.17) is 21.4 Å². The van der Waals surface area contributed by atoms with E-state index in [0.29, 0.717) is 11.6 Å². The fourth-order valence-corrected chi connectivity index (χ4v) is 2.41. The van der Waals surface area contributed by atoms with Crippen LogP contribution in [-0.4, -0.2) is 15.7 Å². The molecule has 6 nitrogen and oxygen atoms in total. The van der Waals surface area contributed by atoms with Gasteiger partial charge in [0.15, 0.2) is 6.61 Å². The summed E-state index contributed by atoms with van der Waals surface area (Å²) in [6.07, 6.45) is 0. The molecule has 25 heavy (non-hydrogen) atoms. The first kappa shape index (κ1) is 16.9. The van der Waals surface area contributed by atoms with Gasteiger partial charge in [-0.2, -0.15) is 0 Å². The van der Waals surface area contributed by atoms with Gasteiger partial charge in [-0.05, 0) is 42.9 Å². The third kappa shape index (κ3) is 4.54. The van der Waals surface area contributed by atoms with Gasteiger partial charge in [-0.1, -0.05) is 36.4 Å². The molecule has 1 heterocycles. The molecule has 0 saturated heterocycles. The lowest BCUT2D eigenvalue weighted by molar-refractivity contribution is -0.117. The van der Waals surface area contributed by atoms with Crippen LogP contribution in [0.3, 0.4) is 0 Å². The monoisotopic (exact) mass is 355 g/mol. The normalized spacial score (nSPS) is 10.4. The van der Waals surface area contributed by atoms with Gasteiger partial charge in [-0.15, -0.1) is 5.10 Å². The molecule has 0 spiro atoms. The van der Waals surface area contributed by atoms with Gasteiger partial charge in [0.25, 0.3) is 10.7 Å². The molecule has 1 aromatic heterocycles. The van der Waals surface area contributed by atoms with Gasteiger partial charge >= 0.3 is 0 Å². The molecule has 3 rings (SSSR count). The third-order valence-corrected chi connectivity index (χ3v) is 3.76. The van der Waals surface area contributed by atoms with Crippen LogP contribution in [0.2, 0.25) is 0 Å². The number of ether oxygens (including phenoxy) is 1.